The van der Waals surface area contributed by atoms with E-state index in [2.05, 4.69) is 39.3 Å². The van der Waals surface area contributed by atoms with Crippen molar-refractivity contribution in [2.24, 2.45) is 0 Å². The second-order valence-electron chi connectivity index (χ2n) is 8.21. The van der Waals surface area contributed by atoms with Gasteiger partial charge >= 0.3 is 29.2 Å². The Morgan fingerprint density at radius 2 is 1.67 bits per heavy atom. The van der Waals surface area contributed by atoms with Crippen molar-refractivity contribution >= 4 is 29.3 Å². The number of quaternary nitrogens is 1. The number of aliphatic hydroxyl groups excluding tert-OH is 3. The van der Waals surface area contributed by atoms with Crippen LogP contribution < -0.4 is 11.4 Å². The summed E-state index contributed by atoms with van der Waals surface area (Å²) in [7, 11) is -10.6. The average molecular weight is 587 g/mol. The van der Waals surface area contributed by atoms with Gasteiger partial charge in [-0.25, -0.2) is 18.5 Å². The highest BCUT2D eigenvalue weighted by atomic mass is 31.3. The minimum absolute atomic E-state index is 0.122. The number of aliphatic hydroxyl groups is 3. The number of anilines is 1. The lowest BCUT2D eigenvalue weighted by Gasteiger charge is -2.21. The normalized spacial score (nSPS) is 25.9. The molecule has 1 aromatic rings. The molecular formula is C14H30N4O15P3+. The summed E-state index contributed by atoms with van der Waals surface area (Å²) in [6.45, 7) is 0.0963. The van der Waals surface area contributed by atoms with Crippen LogP contribution in [0.1, 0.15) is 6.23 Å². The number of phosphoric ester groups is 1. The Kier molecular flexibility index (Phi) is 11.5. The van der Waals surface area contributed by atoms with Crippen LogP contribution >= 0.6 is 23.5 Å². The molecule has 22 heteroatoms. The van der Waals surface area contributed by atoms with Crippen molar-refractivity contribution in [1.29, 1.82) is 0 Å². The van der Waals surface area contributed by atoms with Gasteiger partial charge in [-0.3, -0.25) is 9.09 Å². The van der Waals surface area contributed by atoms with Crippen LogP contribution in [-0.4, -0.2) is 108 Å². The number of aromatic nitrogens is 2. The summed E-state index contributed by atoms with van der Waals surface area (Å²) in [5.74, 6) is -0.122. The molecule has 0 saturated carbocycles. The Labute approximate surface area is 204 Å². The molecule has 2 heterocycles. The molecule has 19 nitrogen and oxygen atoms in total. The number of likely N-dealkylation sites (N-methyl/N-ethyl adjacent to an activating group) is 1. The van der Waals surface area contributed by atoms with Crippen molar-refractivity contribution in [3.05, 3.63) is 22.7 Å². The van der Waals surface area contributed by atoms with Gasteiger partial charge in [-0.15, -0.1) is 0 Å². The third-order valence-electron chi connectivity index (χ3n) is 4.05. The Morgan fingerprint density at radius 1 is 1.08 bits per heavy atom. The molecule has 1 aliphatic rings. The second kappa shape index (κ2) is 12.6. The van der Waals surface area contributed by atoms with Gasteiger partial charge < -0.3 is 49.8 Å². The molecule has 1 saturated heterocycles. The molecule has 0 radical (unpaired) electrons. The lowest BCUT2D eigenvalue weighted by molar-refractivity contribution is -0.870. The molecule has 0 spiro atoms. The fourth-order valence-electron chi connectivity index (χ4n) is 2.49. The van der Waals surface area contributed by atoms with Crippen molar-refractivity contribution in [3.63, 3.8) is 0 Å². The maximum atomic E-state index is 11.8. The van der Waals surface area contributed by atoms with Gasteiger partial charge in [-0.1, -0.05) is 0 Å². The summed E-state index contributed by atoms with van der Waals surface area (Å²) < 4.78 is 51.6. The number of hydrogen-bond acceptors (Lipinski definition) is 13. The third-order valence-corrected chi connectivity index (χ3v) is 7.85. The molecule has 1 fully saturated rings. The van der Waals surface area contributed by atoms with Crippen molar-refractivity contribution in [2.45, 2.75) is 24.5 Å². The van der Waals surface area contributed by atoms with Crippen molar-refractivity contribution in [3.8, 4) is 0 Å². The summed E-state index contributed by atoms with van der Waals surface area (Å²) in [6, 6.07) is 1.20. The zero-order chi connectivity index (χ0) is 28.1. The minimum atomic E-state index is -5.71. The largest absolute Gasteiger partial charge is 0.490 e. The topological polar surface area (TPSA) is 291 Å². The van der Waals surface area contributed by atoms with Crippen LogP contribution in [0.3, 0.4) is 0 Å². The van der Waals surface area contributed by atoms with E-state index < -0.39 is 60.3 Å². The number of nitrogen functional groups attached to an aromatic ring is 1. The summed E-state index contributed by atoms with van der Waals surface area (Å²) in [5.41, 5.74) is 4.39. The van der Waals surface area contributed by atoms with Crippen molar-refractivity contribution < 1.29 is 71.0 Å². The van der Waals surface area contributed by atoms with E-state index in [1.807, 2.05) is 0 Å². The van der Waals surface area contributed by atoms with Gasteiger partial charge in [-0.2, -0.15) is 13.6 Å². The van der Waals surface area contributed by atoms with Gasteiger partial charge in [0.2, 0.25) is 0 Å². The quantitative estimate of drug-likeness (QED) is 0.103. The van der Waals surface area contributed by atoms with Crippen LogP contribution in [0.15, 0.2) is 17.1 Å². The van der Waals surface area contributed by atoms with Crippen LogP contribution in [0.25, 0.3) is 0 Å². The standard InChI is InChI=1S/C9H16N3O14P3.C5H14NO/c10-5-1-2-12(9(15)11-5)8-7(14)6(13)4(24-8)3-23-28(19,20)26-29(21,22)25-27(16,17)18;1-6(2,3)4-5-7/h1-2,4,6-8,13-14H,3H2,(H,19,20)(H,21,22)(H2,10,11,15)(H2,16,17,18);7H,4-5H2,1-3H3/q;+1/t4-,6-,7-,8-;/m1./s1. The molecule has 2 rings (SSSR count). The first kappa shape index (κ1) is 32.9. The predicted molar refractivity (Wildman–Crippen MR) is 119 cm³/mol. The van der Waals surface area contributed by atoms with E-state index in [9.17, 15) is 33.6 Å². The molecular weight excluding hydrogens is 557 g/mol. The predicted octanol–water partition coefficient (Wildman–Crippen LogP) is -2.53. The Balaban J connectivity index is 0.000000809. The fourth-order valence-corrected chi connectivity index (χ4v) is 5.52. The van der Waals surface area contributed by atoms with E-state index in [1.54, 1.807) is 0 Å². The van der Waals surface area contributed by atoms with Crippen molar-refractivity contribution in [1.82, 2.24) is 9.55 Å². The first-order valence-corrected chi connectivity index (χ1v) is 14.2. The van der Waals surface area contributed by atoms with Crippen LogP contribution in [0, 0.1) is 0 Å². The highest BCUT2D eigenvalue weighted by Gasteiger charge is 2.46. The van der Waals surface area contributed by atoms with E-state index in [0.29, 0.717) is 0 Å². The summed E-state index contributed by atoms with van der Waals surface area (Å²) in [6.07, 6.45) is -5.38. The Hall–Kier alpha value is -1.11. The Morgan fingerprint density at radius 3 is 2.11 bits per heavy atom. The molecule has 0 aliphatic carbocycles. The Bertz CT molecular complexity index is 1070. The van der Waals surface area contributed by atoms with Gasteiger partial charge in [0.15, 0.2) is 6.23 Å². The van der Waals surface area contributed by atoms with E-state index in [-0.39, 0.29) is 12.4 Å². The molecule has 1 aliphatic heterocycles. The van der Waals surface area contributed by atoms with E-state index in [0.717, 1.165) is 21.8 Å². The number of nitrogens with two attached hydrogens (primary N) is 1. The third kappa shape index (κ3) is 11.5. The molecule has 36 heavy (non-hydrogen) atoms. The summed E-state index contributed by atoms with van der Waals surface area (Å²) in [5, 5.41) is 28.4. The summed E-state index contributed by atoms with van der Waals surface area (Å²) in [4.78, 5) is 50.5. The SMILES string of the molecule is C[N+](C)(C)CCO.Nc1ccn([C@@H]2O[C@H](COP(=O)(O)OP(=O)(O)OP(=O)(O)O)[C@@H](O)[C@H]2O)c(=O)n1. The van der Waals surface area contributed by atoms with Crippen LogP contribution in [-0.2, 0) is 31.6 Å². The zero-order valence-electron chi connectivity index (χ0n) is 19.2. The van der Waals surface area contributed by atoms with Gasteiger partial charge in [0.05, 0.1) is 34.4 Å². The molecule has 0 bridgehead atoms. The van der Waals surface area contributed by atoms with Gasteiger partial charge in [0, 0.05) is 6.20 Å². The number of ether oxygens (including phenoxy) is 1. The van der Waals surface area contributed by atoms with E-state index >= 15 is 0 Å². The summed E-state index contributed by atoms with van der Waals surface area (Å²) >= 11 is 0. The molecule has 0 aromatic carbocycles. The highest BCUT2D eigenvalue weighted by Crippen LogP contribution is 2.66. The van der Waals surface area contributed by atoms with Gasteiger partial charge in [0.25, 0.3) is 0 Å². The lowest BCUT2D eigenvalue weighted by Crippen LogP contribution is -2.36. The first-order chi connectivity index (χ1) is 16.2. The molecule has 6 atom stereocenters. The fraction of sp³-hybridized carbons (Fsp3) is 0.714. The van der Waals surface area contributed by atoms with E-state index in [1.165, 1.54) is 6.07 Å². The number of phosphoric acid groups is 3. The first-order valence-electron chi connectivity index (χ1n) is 9.72. The number of rotatable bonds is 10. The molecule has 210 valence electrons. The van der Waals surface area contributed by atoms with Crippen molar-refractivity contribution in [2.75, 3.05) is 46.6 Å². The maximum absolute atomic E-state index is 11.8. The smallest absolute Gasteiger partial charge is 0.391 e. The number of hydrogen-bond donors (Lipinski definition) is 8. The lowest BCUT2D eigenvalue weighted by atomic mass is 10.1. The maximum Gasteiger partial charge on any atom is 0.490 e. The monoisotopic (exact) mass is 587 g/mol. The molecule has 9 N–H and O–H groups in total. The van der Waals surface area contributed by atoms with Crippen LogP contribution in [0.4, 0.5) is 5.82 Å². The highest BCUT2D eigenvalue weighted by molar-refractivity contribution is 7.66. The second-order valence-corrected chi connectivity index (χ2v) is 12.6. The minimum Gasteiger partial charge on any atom is -0.391 e. The molecule has 1 aromatic heterocycles. The van der Waals surface area contributed by atoms with Crippen LogP contribution in [0.5, 0.6) is 0 Å². The van der Waals surface area contributed by atoms with E-state index in [4.69, 9.17) is 30.3 Å². The van der Waals surface area contributed by atoms with Gasteiger partial charge in [-0.05, 0) is 6.07 Å². The average Bonchev–Trinajstić information content (AvgIpc) is 2.91. The number of nitrogens with zero attached hydrogens (tertiary/aromatic N) is 3. The van der Waals surface area contributed by atoms with Crippen LogP contribution in [0.2, 0.25) is 0 Å². The zero-order valence-corrected chi connectivity index (χ0v) is 21.9. The molecule has 0 amide bonds. The van der Waals surface area contributed by atoms with Gasteiger partial charge in [0.1, 0.15) is 30.7 Å². The molecule has 2 unspecified atom stereocenters.